The molecule has 36 heavy (non-hydrogen) atoms. The minimum atomic E-state index is -0.241. The number of Topliss-reactive ketones (excluding diaryl/α,β-unsaturated/α-hetero) is 1. The standard InChI is InChI=1S/C28H25ClN2O5/c29-20-10-18(27-19(11-20)15-34-16-35-27)12-25-26(33)21-6-7-24(32)22(28(21)36-25)14-31-9-2-1-5-23(31)17-4-3-8-30-13-17/h3-4,6-8,10-13,23,32H,1-2,5,9,14-16H2/b25-12-/t23-/m0/s1. The lowest BCUT2D eigenvalue weighted by atomic mass is 9.95. The molecule has 0 aliphatic carbocycles. The third-order valence-corrected chi connectivity index (χ3v) is 7.17. The zero-order chi connectivity index (χ0) is 24.6. The number of fused-ring (bicyclic) bond motifs is 2. The van der Waals surface area contributed by atoms with E-state index in [0.29, 0.717) is 46.4 Å². The number of phenolic OH excluding ortho intramolecular Hbond substituents is 1. The van der Waals surface area contributed by atoms with Crippen LogP contribution in [-0.2, 0) is 17.9 Å². The number of aromatic hydroxyl groups is 1. The highest BCUT2D eigenvalue weighted by atomic mass is 35.5. The first-order chi connectivity index (χ1) is 17.6. The summed E-state index contributed by atoms with van der Waals surface area (Å²) in [5.74, 6) is 1.07. The summed E-state index contributed by atoms with van der Waals surface area (Å²) >= 11 is 6.30. The van der Waals surface area contributed by atoms with Crippen LogP contribution in [0.15, 0.2) is 54.6 Å². The summed E-state index contributed by atoms with van der Waals surface area (Å²) in [6.07, 6.45) is 8.54. The third kappa shape index (κ3) is 4.23. The number of allylic oxidation sites excluding steroid dienone is 1. The second-order valence-electron chi connectivity index (χ2n) is 9.24. The van der Waals surface area contributed by atoms with Crippen LogP contribution in [0.3, 0.4) is 0 Å². The molecule has 0 saturated carbocycles. The van der Waals surface area contributed by atoms with E-state index in [0.717, 1.165) is 36.9 Å². The molecule has 6 rings (SSSR count). The van der Waals surface area contributed by atoms with Crippen LogP contribution in [0, 0.1) is 0 Å². The van der Waals surface area contributed by atoms with Crippen LogP contribution in [0.1, 0.15) is 57.9 Å². The van der Waals surface area contributed by atoms with Crippen molar-refractivity contribution in [3.63, 3.8) is 0 Å². The number of hydrogen-bond acceptors (Lipinski definition) is 7. The second kappa shape index (κ2) is 9.58. The number of ketones is 1. The molecular weight excluding hydrogens is 480 g/mol. The van der Waals surface area contributed by atoms with Gasteiger partial charge in [-0.2, -0.15) is 0 Å². The average Bonchev–Trinajstić information content (AvgIpc) is 3.21. The predicted molar refractivity (Wildman–Crippen MR) is 134 cm³/mol. The number of halogens is 1. The Morgan fingerprint density at radius 2 is 2.11 bits per heavy atom. The van der Waals surface area contributed by atoms with Crippen molar-refractivity contribution in [1.29, 1.82) is 0 Å². The fourth-order valence-electron chi connectivity index (χ4n) is 5.24. The van der Waals surface area contributed by atoms with Gasteiger partial charge in [0, 0.05) is 41.1 Å². The number of carbonyl (C=O) groups is 1. The SMILES string of the molecule is O=C1/C(=C/c2cc(Cl)cc3c2OCOC3)Oc2c1ccc(O)c2CN1CCCC[C@H]1c1cccnc1. The molecule has 184 valence electrons. The molecule has 0 spiro atoms. The average molecular weight is 505 g/mol. The highest BCUT2D eigenvalue weighted by molar-refractivity contribution is 6.31. The number of piperidine rings is 1. The molecule has 1 N–H and O–H groups in total. The van der Waals surface area contributed by atoms with Crippen molar-refractivity contribution in [1.82, 2.24) is 9.88 Å². The molecule has 0 amide bonds. The molecule has 2 aromatic carbocycles. The second-order valence-corrected chi connectivity index (χ2v) is 9.68. The van der Waals surface area contributed by atoms with Gasteiger partial charge in [-0.1, -0.05) is 24.1 Å². The molecule has 8 heteroatoms. The molecule has 0 radical (unpaired) electrons. The van der Waals surface area contributed by atoms with Crippen LogP contribution in [0.5, 0.6) is 17.2 Å². The number of phenols is 1. The van der Waals surface area contributed by atoms with Crippen molar-refractivity contribution in [2.45, 2.75) is 38.5 Å². The molecule has 0 bridgehead atoms. The van der Waals surface area contributed by atoms with Gasteiger partial charge < -0.3 is 19.3 Å². The summed E-state index contributed by atoms with van der Waals surface area (Å²) in [4.78, 5) is 19.9. The van der Waals surface area contributed by atoms with E-state index >= 15 is 0 Å². The summed E-state index contributed by atoms with van der Waals surface area (Å²) in [6, 6.07) is 10.9. The lowest BCUT2D eigenvalue weighted by Gasteiger charge is -2.36. The Morgan fingerprint density at radius 3 is 2.97 bits per heavy atom. The highest BCUT2D eigenvalue weighted by Crippen LogP contribution is 2.43. The number of carbonyl (C=O) groups excluding carboxylic acids is 1. The first-order valence-corrected chi connectivity index (χ1v) is 12.4. The normalized spacial score (nSPS) is 20.5. The molecule has 0 unspecified atom stereocenters. The van der Waals surface area contributed by atoms with Crippen molar-refractivity contribution >= 4 is 23.5 Å². The summed E-state index contributed by atoms with van der Waals surface area (Å²) < 4.78 is 17.2. The number of aromatic nitrogens is 1. The maximum atomic E-state index is 13.3. The van der Waals surface area contributed by atoms with Gasteiger partial charge in [-0.3, -0.25) is 14.7 Å². The van der Waals surface area contributed by atoms with Gasteiger partial charge in [0.05, 0.1) is 17.7 Å². The predicted octanol–water partition coefficient (Wildman–Crippen LogP) is 5.65. The molecule has 7 nitrogen and oxygen atoms in total. The summed E-state index contributed by atoms with van der Waals surface area (Å²) in [7, 11) is 0. The molecule has 1 aromatic heterocycles. The van der Waals surface area contributed by atoms with Gasteiger partial charge in [0.15, 0.2) is 12.6 Å². The van der Waals surface area contributed by atoms with Gasteiger partial charge in [-0.05, 0) is 61.4 Å². The van der Waals surface area contributed by atoms with E-state index in [9.17, 15) is 9.90 Å². The molecule has 3 aromatic rings. The van der Waals surface area contributed by atoms with Crippen LogP contribution >= 0.6 is 11.6 Å². The lowest BCUT2D eigenvalue weighted by Crippen LogP contribution is -2.33. The van der Waals surface area contributed by atoms with Crippen LogP contribution in [-0.4, -0.2) is 34.1 Å². The van der Waals surface area contributed by atoms with Crippen molar-refractivity contribution < 1.29 is 24.1 Å². The Hall–Kier alpha value is -3.39. The Kier molecular flexibility index (Phi) is 6.13. The molecule has 1 atom stereocenters. The Morgan fingerprint density at radius 1 is 1.19 bits per heavy atom. The highest BCUT2D eigenvalue weighted by Gasteiger charge is 2.34. The molecule has 1 saturated heterocycles. The molecule has 3 aliphatic heterocycles. The summed E-state index contributed by atoms with van der Waals surface area (Å²) in [5.41, 5.74) is 3.65. The Balaban J connectivity index is 1.34. The van der Waals surface area contributed by atoms with E-state index in [1.165, 1.54) is 0 Å². The van der Waals surface area contributed by atoms with Crippen LogP contribution in [0.25, 0.3) is 6.08 Å². The molecule has 1 fully saturated rings. The number of nitrogens with zero attached hydrogens (tertiary/aromatic N) is 2. The fourth-order valence-corrected chi connectivity index (χ4v) is 5.49. The smallest absolute Gasteiger partial charge is 0.231 e. The number of ether oxygens (including phenoxy) is 3. The van der Waals surface area contributed by atoms with E-state index in [1.54, 1.807) is 36.5 Å². The number of likely N-dealkylation sites (tertiary alicyclic amines) is 1. The first-order valence-electron chi connectivity index (χ1n) is 12.0. The van der Waals surface area contributed by atoms with Crippen LogP contribution in [0.2, 0.25) is 5.02 Å². The van der Waals surface area contributed by atoms with Gasteiger partial charge in [0.2, 0.25) is 5.78 Å². The molecular formula is C28H25ClN2O5. The Bertz CT molecular complexity index is 1360. The van der Waals surface area contributed by atoms with Crippen molar-refractivity contribution in [2.24, 2.45) is 0 Å². The van der Waals surface area contributed by atoms with E-state index in [2.05, 4.69) is 16.0 Å². The molecule has 4 heterocycles. The van der Waals surface area contributed by atoms with Gasteiger partial charge >= 0.3 is 0 Å². The van der Waals surface area contributed by atoms with Gasteiger partial charge in [-0.25, -0.2) is 0 Å². The van der Waals surface area contributed by atoms with Gasteiger partial charge in [0.25, 0.3) is 0 Å². The van der Waals surface area contributed by atoms with Crippen molar-refractivity contribution in [3.8, 4) is 17.2 Å². The summed E-state index contributed by atoms with van der Waals surface area (Å²) in [5, 5.41) is 11.3. The number of pyridine rings is 1. The quantitative estimate of drug-likeness (QED) is 0.460. The fraction of sp³-hybridized carbons (Fsp3) is 0.286. The topological polar surface area (TPSA) is 81.1 Å². The third-order valence-electron chi connectivity index (χ3n) is 6.95. The van der Waals surface area contributed by atoms with Crippen LogP contribution in [0.4, 0.5) is 0 Å². The van der Waals surface area contributed by atoms with E-state index in [4.69, 9.17) is 25.8 Å². The number of hydrogen-bond donors (Lipinski definition) is 1. The van der Waals surface area contributed by atoms with E-state index in [1.807, 2.05) is 12.3 Å². The minimum absolute atomic E-state index is 0.110. The maximum absolute atomic E-state index is 13.3. The summed E-state index contributed by atoms with van der Waals surface area (Å²) in [6.45, 7) is 1.86. The number of rotatable bonds is 4. The van der Waals surface area contributed by atoms with Crippen LogP contribution < -0.4 is 9.47 Å². The number of benzene rings is 2. The van der Waals surface area contributed by atoms with Gasteiger partial charge in [-0.15, -0.1) is 0 Å². The first kappa shape index (κ1) is 23.0. The van der Waals surface area contributed by atoms with E-state index < -0.39 is 0 Å². The van der Waals surface area contributed by atoms with Gasteiger partial charge in [0.1, 0.15) is 17.2 Å². The van der Waals surface area contributed by atoms with Crippen molar-refractivity contribution in [2.75, 3.05) is 13.3 Å². The minimum Gasteiger partial charge on any atom is -0.507 e. The van der Waals surface area contributed by atoms with E-state index in [-0.39, 0.29) is 30.1 Å². The zero-order valence-corrected chi connectivity index (χ0v) is 20.3. The maximum Gasteiger partial charge on any atom is 0.231 e. The Labute approximate surface area is 213 Å². The monoisotopic (exact) mass is 504 g/mol. The zero-order valence-electron chi connectivity index (χ0n) is 19.6. The lowest BCUT2D eigenvalue weighted by molar-refractivity contribution is -0.0165. The van der Waals surface area contributed by atoms with Crippen molar-refractivity contribution in [3.05, 3.63) is 87.4 Å². The molecule has 3 aliphatic rings. The largest absolute Gasteiger partial charge is 0.507 e.